The van der Waals surface area contributed by atoms with E-state index in [1.54, 1.807) is 16.3 Å². The molecule has 12 heteroatoms. The second kappa shape index (κ2) is 9.45. The van der Waals surface area contributed by atoms with Crippen molar-refractivity contribution in [2.24, 2.45) is 0 Å². The molecule has 3 unspecified atom stereocenters. The van der Waals surface area contributed by atoms with E-state index in [1.807, 2.05) is 30.3 Å². The maximum Gasteiger partial charge on any atom is 0.337 e. The zero-order chi connectivity index (χ0) is 22.9. The van der Waals surface area contributed by atoms with Crippen LogP contribution in [0.15, 0.2) is 41.9 Å². The molecule has 4 heterocycles. The Kier molecular flexibility index (Phi) is 6.41. The molecule has 0 aliphatic carbocycles. The van der Waals surface area contributed by atoms with Gasteiger partial charge in [0, 0.05) is 18.1 Å². The summed E-state index contributed by atoms with van der Waals surface area (Å²) in [6, 6.07) is 9.05. The zero-order valence-corrected chi connectivity index (χ0v) is 19.3. The van der Waals surface area contributed by atoms with E-state index in [0.29, 0.717) is 15.9 Å². The summed E-state index contributed by atoms with van der Waals surface area (Å²) in [5.74, 6) is -0.553. The lowest BCUT2D eigenvalue weighted by atomic mass is 9.91. The van der Waals surface area contributed by atoms with Gasteiger partial charge in [0.15, 0.2) is 12.4 Å². The van der Waals surface area contributed by atoms with Gasteiger partial charge in [0.25, 0.3) is 0 Å². The molecule has 2 aromatic heterocycles. The summed E-state index contributed by atoms with van der Waals surface area (Å²) >= 11 is 7.33. The maximum atomic E-state index is 12.5. The number of carbonyl (C=O) groups is 1. The molecule has 5 rings (SSSR count). The Bertz CT molecular complexity index is 1110. The molecule has 0 saturated carbocycles. The van der Waals surface area contributed by atoms with Crippen molar-refractivity contribution in [1.29, 1.82) is 0 Å². The van der Waals surface area contributed by atoms with Gasteiger partial charge in [-0.2, -0.15) is 0 Å². The normalized spacial score (nSPS) is 29.4. The number of aromatic nitrogens is 4. The number of nitrogens with zero attached hydrogens (tertiary/aromatic N) is 4. The van der Waals surface area contributed by atoms with Crippen molar-refractivity contribution in [3.05, 3.63) is 52.6 Å². The van der Waals surface area contributed by atoms with Gasteiger partial charge in [-0.15, -0.1) is 16.4 Å². The summed E-state index contributed by atoms with van der Waals surface area (Å²) < 4.78 is 30.6. The van der Waals surface area contributed by atoms with Crippen LogP contribution < -0.4 is 0 Å². The number of hydrogen-bond acceptors (Lipinski definition) is 10. The highest BCUT2D eigenvalue weighted by atomic mass is 35.5. The predicted octanol–water partition coefficient (Wildman–Crippen LogP) is 2.67. The van der Waals surface area contributed by atoms with Gasteiger partial charge in [-0.1, -0.05) is 47.1 Å². The number of ether oxygens (including phenoxy) is 5. The second-order valence-electron chi connectivity index (χ2n) is 7.55. The Labute approximate surface area is 198 Å². The molecule has 2 aliphatic rings. The lowest BCUT2D eigenvalue weighted by Gasteiger charge is -2.48. The number of carbonyl (C=O) groups excluding carboxylic acids is 1. The van der Waals surface area contributed by atoms with Crippen LogP contribution in [-0.4, -0.2) is 71.2 Å². The summed E-state index contributed by atoms with van der Waals surface area (Å²) in [6.45, 7) is 0.217. The molecule has 3 aromatic rings. The summed E-state index contributed by atoms with van der Waals surface area (Å²) in [4.78, 5) is 16.8. The van der Waals surface area contributed by atoms with Crippen molar-refractivity contribution >= 4 is 28.9 Å². The number of halogens is 1. The average Bonchev–Trinajstić information content (AvgIpc) is 3.51. The van der Waals surface area contributed by atoms with Gasteiger partial charge in [-0.3, -0.25) is 0 Å². The van der Waals surface area contributed by atoms with E-state index in [9.17, 15) is 4.79 Å². The molecule has 2 aliphatic heterocycles. The van der Waals surface area contributed by atoms with Crippen LogP contribution in [0.5, 0.6) is 0 Å². The van der Waals surface area contributed by atoms with E-state index in [0.717, 1.165) is 5.56 Å². The lowest BCUT2D eigenvalue weighted by Crippen LogP contribution is -2.61. The third-order valence-electron chi connectivity index (χ3n) is 5.64. The van der Waals surface area contributed by atoms with Crippen LogP contribution in [0.1, 0.15) is 17.9 Å². The van der Waals surface area contributed by atoms with Crippen LogP contribution in [0.3, 0.4) is 0 Å². The Hall–Kier alpha value is -2.41. The molecule has 2 fully saturated rings. The fourth-order valence-electron chi connectivity index (χ4n) is 4.14. The van der Waals surface area contributed by atoms with Crippen LogP contribution in [0.25, 0.3) is 10.7 Å². The fraction of sp³-hybridized carbons (Fsp3) is 0.429. The molecule has 0 spiro atoms. The Balaban J connectivity index is 1.51. The van der Waals surface area contributed by atoms with E-state index in [2.05, 4.69) is 15.3 Å². The maximum absolute atomic E-state index is 12.5. The molecular formula is C21H21ClN4O6S. The van der Waals surface area contributed by atoms with Crippen molar-refractivity contribution in [2.45, 2.75) is 36.7 Å². The van der Waals surface area contributed by atoms with Crippen molar-refractivity contribution in [3.63, 3.8) is 0 Å². The minimum atomic E-state index is -0.992. The Morgan fingerprint density at radius 1 is 1.24 bits per heavy atom. The standard InChI is InChI=1S/C21H21ClN4O6S/c1-28-17-15(26-8-12(24-25-26)19-23-14(22)10-33-19)16-13(31-18(17)20(27)29-2)9-30-21(32-16)11-6-4-3-5-7-11/h3-8,10,13,15-18,21H,9H2,1-2H3/t13?,15-,16-,17?,18+,21?/m0/s1. The molecule has 2 saturated heterocycles. The predicted molar refractivity (Wildman–Crippen MR) is 117 cm³/mol. The zero-order valence-electron chi connectivity index (χ0n) is 17.7. The van der Waals surface area contributed by atoms with Gasteiger partial charge in [-0.25, -0.2) is 14.5 Å². The number of methoxy groups -OCH3 is 2. The van der Waals surface area contributed by atoms with Crippen molar-refractivity contribution in [2.75, 3.05) is 20.8 Å². The number of thiazole rings is 1. The van der Waals surface area contributed by atoms with Gasteiger partial charge < -0.3 is 23.7 Å². The first kappa shape index (κ1) is 22.4. The lowest BCUT2D eigenvalue weighted by molar-refractivity contribution is -0.316. The third-order valence-corrected chi connectivity index (χ3v) is 6.83. The van der Waals surface area contributed by atoms with Crippen LogP contribution in [0, 0.1) is 0 Å². The summed E-state index contributed by atoms with van der Waals surface area (Å²) in [6.07, 6.45) is -1.70. The molecule has 6 atom stereocenters. The summed E-state index contributed by atoms with van der Waals surface area (Å²) in [7, 11) is 2.81. The van der Waals surface area contributed by atoms with Gasteiger partial charge >= 0.3 is 5.97 Å². The first-order valence-electron chi connectivity index (χ1n) is 10.2. The molecule has 10 nitrogen and oxygen atoms in total. The van der Waals surface area contributed by atoms with Crippen molar-refractivity contribution in [3.8, 4) is 10.7 Å². The van der Waals surface area contributed by atoms with E-state index in [1.165, 1.54) is 25.6 Å². The van der Waals surface area contributed by atoms with E-state index < -0.39 is 42.7 Å². The van der Waals surface area contributed by atoms with Gasteiger partial charge in [0.1, 0.15) is 40.2 Å². The second-order valence-corrected chi connectivity index (χ2v) is 8.79. The van der Waals surface area contributed by atoms with Crippen LogP contribution in [0.4, 0.5) is 0 Å². The monoisotopic (exact) mass is 492 g/mol. The first-order chi connectivity index (χ1) is 16.1. The molecule has 1 aromatic carbocycles. The van der Waals surface area contributed by atoms with Gasteiger partial charge in [-0.05, 0) is 0 Å². The fourth-order valence-corrected chi connectivity index (χ4v) is 5.04. The number of esters is 1. The number of hydrogen-bond donors (Lipinski definition) is 0. The van der Waals surface area contributed by atoms with Crippen molar-refractivity contribution in [1.82, 2.24) is 20.0 Å². The topological polar surface area (TPSA) is 107 Å². The van der Waals surface area contributed by atoms with Crippen LogP contribution >= 0.6 is 22.9 Å². The quantitative estimate of drug-likeness (QED) is 0.497. The molecule has 0 amide bonds. The Morgan fingerprint density at radius 3 is 2.76 bits per heavy atom. The SMILES string of the molecule is COC(=O)[C@@H]1OC2COC(c3ccccc3)O[C@@H]2[C@H](n2cc(-c3nc(Cl)cs3)nn2)C1OC. The van der Waals surface area contributed by atoms with Crippen LogP contribution in [-0.2, 0) is 28.5 Å². The summed E-state index contributed by atoms with van der Waals surface area (Å²) in [5, 5.41) is 11.3. The van der Waals surface area contributed by atoms with E-state index >= 15 is 0 Å². The van der Waals surface area contributed by atoms with Crippen LogP contribution in [0.2, 0.25) is 5.15 Å². The van der Waals surface area contributed by atoms with Gasteiger partial charge in [0.2, 0.25) is 0 Å². The largest absolute Gasteiger partial charge is 0.467 e. The molecule has 33 heavy (non-hydrogen) atoms. The minimum absolute atomic E-state index is 0.217. The average molecular weight is 493 g/mol. The summed E-state index contributed by atoms with van der Waals surface area (Å²) in [5.41, 5.74) is 1.42. The van der Waals surface area contributed by atoms with E-state index in [-0.39, 0.29) is 6.61 Å². The molecule has 0 bridgehead atoms. The minimum Gasteiger partial charge on any atom is -0.467 e. The van der Waals surface area contributed by atoms with Gasteiger partial charge in [0.05, 0.1) is 19.9 Å². The van der Waals surface area contributed by atoms with E-state index in [4.69, 9.17) is 35.3 Å². The van der Waals surface area contributed by atoms with Crippen molar-refractivity contribution < 1.29 is 28.5 Å². The molecular weight excluding hydrogens is 472 g/mol. The number of benzene rings is 1. The molecule has 0 N–H and O–H groups in total. The molecule has 0 radical (unpaired) electrons. The highest BCUT2D eigenvalue weighted by molar-refractivity contribution is 7.13. The first-order valence-corrected chi connectivity index (χ1v) is 11.5. The highest BCUT2D eigenvalue weighted by Gasteiger charge is 2.54. The Morgan fingerprint density at radius 2 is 2.06 bits per heavy atom. The third kappa shape index (κ3) is 4.27. The smallest absolute Gasteiger partial charge is 0.337 e. The highest BCUT2D eigenvalue weighted by Crippen LogP contribution is 2.40. The molecule has 174 valence electrons. The number of rotatable bonds is 5. The number of fused-ring (bicyclic) bond motifs is 1.